The molecular formula is C10H16N4OS. The summed E-state index contributed by atoms with van der Waals surface area (Å²) in [5, 5.41) is 7.16. The average Bonchev–Trinajstić information content (AvgIpc) is 2.69. The fourth-order valence-electron chi connectivity index (χ4n) is 1.79. The molecule has 1 N–H and O–H groups in total. The lowest BCUT2D eigenvalue weighted by atomic mass is 10.1. The van der Waals surface area contributed by atoms with Gasteiger partial charge in [0.05, 0.1) is 11.7 Å². The van der Waals surface area contributed by atoms with E-state index in [0.29, 0.717) is 10.9 Å². The number of hydrogen-bond donors (Lipinski definition) is 1. The highest BCUT2D eigenvalue weighted by Crippen LogP contribution is 2.17. The minimum atomic E-state index is 0.0841. The van der Waals surface area contributed by atoms with Gasteiger partial charge in [0.25, 0.3) is 5.91 Å². The largest absolute Gasteiger partial charge is 0.333 e. The van der Waals surface area contributed by atoms with Crippen LogP contribution in [0.1, 0.15) is 29.2 Å². The van der Waals surface area contributed by atoms with E-state index in [-0.39, 0.29) is 5.91 Å². The monoisotopic (exact) mass is 240 g/mol. The van der Waals surface area contributed by atoms with Gasteiger partial charge in [0.1, 0.15) is 4.88 Å². The molecule has 0 unspecified atom stereocenters. The maximum Gasteiger partial charge on any atom is 0.267 e. The molecule has 1 aliphatic heterocycles. The van der Waals surface area contributed by atoms with Gasteiger partial charge < -0.3 is 10.2 Å². The van der Waals surface area contributed by atoms with Gasteiger partial charge in [-0.15, -0.1) is 5.10 Å². The second kappa shape index (κ2) is 4.88. The Balaban J connectivity index is 2.16. The third-order valence-electron chi connectivity index (χ3n) is 2.89. The van der Waals surface area contributed by atoms with Gasteiger partial charge in [0.15, 0.2) is 0 Å². The molecular weight excluding hydrogens is 224 g/mol. The predicted octanol–water partition coefficient (Wildman–Crippen LogP) is 0.534. The quantitative estimate of drug-likeness (QED) is 0.834. The molecule has 1 saturated heterocycles. The molecule has 16 heavy (non-hydrogen) atoms. The van der Waals surface area contributed by atoms with Gasteiger partial charge >= 0.3 is 0 Å². The number of aromatic nitrogens is 2. The summed E-state index contributed by atoms with van der Waals surface area (Å²) < 4.78 is 3.86. The Bertz CT molecular complexity index is 375. The maximum atomic E-state index is 12.3. The summed E-state index contributed by atoms with van der Waals surface area (Å²) in [4.78, 5) is 14.9. The Morgan fingerprint density at radius 2 is 2.31 bits per heavy atom. The normalized spacial score (nSPS) is 15.9. The van der Waals surface area contributed by atoms with E-state index < -0.39 is 0 Å². The minimum absolute atomic E-state index is 0.0841. The van der Waals surface area contributed by atoms with Crippen molar-refractivity contribution in [2.45, 2.75) is 26.3 Å². The zero-order valence-corrected chi connectivity index (χ0v) is 10.4. The first kappa shape index (κ1) is 11.5. The Hall–Kier alpha value is -1.01. The van der Waals surface area contributed by atoms with Crippen molar-refractivity contribution in [3.8, 4) is 0 Å². The molecule has 1 aromatic rings. The highest BCUT2D eigenvalue weighted by atomic mass is 32.1. The molecule has 0 aliphatic carbocycles. The van der Waals surface area contributed by atoms with Crippen molar-refractivity contribution in [1.82, 2.24) is 19.8 Å². The molecule has 1 amide bonds. The first-order valence-electron chi connectivity index (χ1n) is 5.60. The second-order valence-electron chi connectivity index (χ2n) is 3.81. The standard InChI is InChI=1S/C10H16N4OS/c1-3-8-9(16-13-12-8)10(15)14(4-2)7-5-11-6-7/h7,11H,3-6H2,1-2H3. The van der Waals surface area contributed by atoms with Gasteiger partial charge in [-0.1, -0.05) is 11.4 Å². The van der Waals surface area contributed by atoms with E-state index in [1.165, 1.54) is 11.5 Å². The van der Waals surface area contributed by atoms with Crippen LogP contribution in [0.5, 0.6) is 0 Å². The summed E-state index contributed by atoms with van der Waals surface area (Å²) >= 11 is 1.21. The average molecular weight is 240 g/mol. The number of nitrogens with one attached hydrogen (secondary N) is 1. The van der Waals surface area contributed by atoms with E-state index in [4.69, 9.17) is 0 Å². The highest BCUT2D eigenvalue weighted by Gasteiger charge is 2.30. The first-order valence-corrected chi connectivity index (χ1v) is 6.38. The summed E-state index contributed by atoms with van der Waals surface area (Å²) in [5.74, 6) is 0.0841. The van der Waals surface area contributed by atoms with Crippen molar-refractivity contribution in [1.29, 1.82) is 0 Å². The van der Waals surface area contributed by atoms with Gasteiger partial charge in [-0.3, -0.25) is 4.79 Å². The van der Waals surface area contributed by atoms with E-state index in [1.54, 1.807) is 0 Å². The predicted molar refractivity (Wildman–Crippen MR) is 62.7 cm³/mol. The smallest absolute Gasteiger partial charge is 0.267 e. The van der Waals surface area contributed by atoms with Crippen molar-refractivity contribution in [2.75, 3.05) is 19.6 Å². The zero-order chi connectivity index (χ0) is 11.5. The summed E-state index contributed by atoms with van der Waals surface area (Å²) in [7, 11) is 0. The van der Waals surface area contributed by atoms with Crippen molar-refractivity contribution in [2.24, 2.45) is 0 Å². The van der Waals surface area contributed by atoms with E-state index in [0.717, 1.165) is 31.7 Å². The summed E-state index contributed by atoms with van der Waals surface area (Å²) in [6, 6.07) is 0.337. The first-order chi connectivity index (χ1) is 7.77. The molecule has 2 rings (SSSR count). The van der Waals surface area contributed by atoms with E-state index in [1.807, 2.05) is 18.7 Å². The number of carbonyl (C=O) groups excluding carboxylic acids is 1. The van der Waals surface area contributed by atoms with Crippen LogP contribution in [0.25, 0.3) is 0 Å². The van der Waals surface area contributed by atoms with Crippen molar-refractivity contribution < 1.29 is 4.79 Å². The third kappa shape index (κ3) is 1.94. The number of likely N-dealkylation sites (N-methyl/N-ethyl adjacent to an activating group) is 1. The molecule has 1 aliphatic rings. The molecule has 6 heteroatoms. The van der Waals surface area contributed by atoms with Crippen LogP contribution in [0.15, 0.2) is 0 Å². The van der Waals surface area contributed by atoms with Crippen LogP contribution in [-0.4, -0.2) is 46.1 Å². The van der Waals surface area contributed by atoms with Crippen LogP contribution < -0.4 is 5.32 Å². The number of nitrogens with zero attached hydrogens (tertiary/aromatic N) is 3. The molecule has 88 valence electrons. The zero-order valence-electron chi connectivity index (χ0n) is 9.56. The highest BCUT2D eigenvalue weighted by molar-refractivity contribution is 7.08. The molecule has 0 bridgehead atoms. The van der Waals surface area contributed by atoms with Crippen LogP contribution >= 0.6 is 11.5 Å². The molecule has 5 nitrogen and oxygen atoms in total. The topological polar surface area (TPSA) is 58.1 Å². The van der Waals surface area contributed by atoms with E-state index in [9.17, 15) is 4.79 Å². The number of hydrogen-bond acceptors (Lipinski definition) is 5. The van der Waals surface area contributed by atoms with Gasteiger partial charge in [0, 0.05) is 19.6 Å². The van der Waals surface area contributed by atoms with E-state index >= 15 is 0 Å². The summed E-state index contributed by atoms with van der Waals surface area (Å²) in [6.07, 6.45) is 0.762. The minimum Gasteiger partial charge on any atom is -0.333 e. The Kier molecular flexibility index (Phi) is 3.50. The van der Waals surface area contributed by atoms with Gasteiger partial charge in [-0.05, 0) is 24.9 Å². The number of rotatable bonds is 4. The number of aryl methyl sites for hydroxylation is 1. The van der Waals surface area contributed by atoms with Crippen LogP contribution in [0.3, 0.4) is 0 Å². The molecule has 0 radical (unpaired) electrons. The van der Waals surface area contributed by atoms with Crippen LogP contribution in [0, 0.1) is 0 Å². The number of carbonyl (C=O) groups is 1. The lowest BCUT2D eigenvalue weighted by Crippen LogP contribution is -2.58. The number of amides is 1. The molecule has 1 fully saturated rings. The lowest BCUT2D eigenvalue weighted by molar-refractivity contribution is 0.0634. The lowest BCUT2D eigenvalue weighted by Gasteiger charge is -2.37. The van der Waals surface area contributed by atoms with Crippen molar-refractivity contribution in [3.63, 3.8) is 0 Å². The molecule has 0 aromatic carbocycles. The molecule has 0 spiro atoms. The Morgan fingerprint density at radius 1 is 1.56 bits per heavy atom. The Labute approximate surface area is 99.0 Å². The molecule has 1 aromatic heterocycles. The van der Waals surface area contributed by atoms with Gasteiger partial charge in [-0.2, -0.15) is 0 Å². The SMILES string of the molecule is CCc1nnsc1C(=O)N(CC)C1CNC1. The molecule has 0 saturated carbocycles. The van der Waals surface area contributed by atoms with Crippen molar-refractivity contribution >= 4 is 17.4 Å². The second-order valence-corrected chi connectivity index (χ2v) is 4.56. The maximum absolute atomic E-state index is 12.3. The Morgan fingerprint density at radius 3 is 2.81 bits per heavy atom. The van der Waals surface area contributed by atoms with Gasteiger partial charge in [0.2, 0.25) is 0 Å². The van der Waals surface area contributed by atoms with Gasteiger partial charge in [-0.25, -0.2) is 0 Å². The van der Waals surface area contributed by atoms with Crippen LogP contribution in [0.4, 0.5) is 0 Å². The third-order valence-corrected chi connectivity index (χ3v) is 3.64. The molecule has 2 heterocycles. The van der Waals surface area contributed by atoms with E-state index in [2.05, 4.69) is 14.9 Å². The fraction of sp³-hybridized carbons (Fsp3) is 0.700. The summed E-state index contributed by atoms with van der Waals surface area (Å²) in [5.41, 5.74) is 0.820. The molecule has 0 atom stereocenters. The van der Waals surface area contributed by atoms with Crippen LogP contribution in [-0.2, 0) is 6.42 Å². The van der Waals surface area contributed by atoms with Crippen molar-refractivity contribution in [3.05, 3.63) is 10.6 Å². The van der Waals surface area contributed by atoms with Crippen LogP contribution in [0.2, 0.25) is 0 Å². The fourth-order valence-corrected chi connectivity index (χ4v) is 2.50. The summed E-state index contributed by atoms with van der Waals surface area (Å²) in [6.45, 7) is 6.54.